The lowest BCUT2D eigenvalue weighted by Gasteiger charge is -2.17. The van der Waals surface area contributed by atoms with Crippen molar-refractivity contribution in [2.75, 3.05) is 34.4 Å². The van der Waals surface area contributed by atoms with Gasteiger partial charge in [-0.25, -0.2) is 0 Å². The van der Waals surface area contributed by atoms with Gasteiger partial charge in [-0.1, -0.05) is 18.2 Å². The quantitative estimate of drug-likeness (QED) is 0.242. The van der Waals surface area contributed by atoms with Crippen LogP contribution in [0.3, 0.4) is 0 Å². The topological polar surface area (TPSA) is 73.3 Å². The molecule has 0 saturated heterocycles. The van der Waals surface area contributed by atoms with Crippen LogP contribution in [0, 0.1) is 0 Å². The van der Waals surface area contributed by atoms with Gasteiger partial charge in [0.15, 0.2) is 29.0 Å². The van der Waals surface area contributed by atoms with E-state index in [0.29, 0.717) is 36.2 Å². The van der Waals surface area contributed by atoms with Crippen molar-refractivity contribution in [3.63, 3.8) is 0 Å². The summed E-state index contributed by atoms with van der Waals surface area (Å²) in [6.45, 7) is 0.0178. The maximum atomic E-state index is 12.9. The van der Waals surface area contributed by atoms with Gasteiger partial charge in [0.25, 0.3) is 0 Å². The van der Waals surface area contributed by atoms with Gasteiger partial charge in [-0.15, -0.1) is 24.0 Å². The summed E-state index contributed by atoms with van der Waals surface area (Å²) in [5.74, 6) is 2.17. The number of halogens is 3. The second-order valence-corrected chi connectivity index (χ2v) is 6.35. The van der Waals surface area contributed by atoms with Crippen molar-refractivity contribution < 1.29 is 27.7 Å². The van der Waals surface area contributed by atoms with E-state index >= 15 is 0 Å². The Bertz CT molecular complexity index is 869. The highest BCUT2D eigenvalue weighted by Crippen LogP contribution is 2.32. The number of hydrogen-bond acceptors (Lipinski definition) is 5. The standard InChI is InChI=1S/C22H29F2N3O4.HI/c1-5-30-18-8-6-7-16(20(18)31-21(23)24)14-27-22(25-2)26-12-11-15-9-10-17(28-3)19(13-15)29-4;/h6-10,13,21H,5,11-12,14H2,1-4H3,(H2,25,26,27);1H. The second-order valence-electron chi connectivity index (χ2n) is 6.35. The van der Waals surface area contributed by atoms with Crippen molar-refractivity contribution in [3.8, 4) is 23.0 Å². The van der Waals surface area contributed by atoms with Gasteiger partial charge in [-0.05, 0) is 37.1 Å². The van der Waals surface area contributed by atoms with Crippen molar-refractivity contribution in [1.29, 1.82) is 0 Å². The molecule has 32 heavy (non-hydrogen) atoms. The number of benzene rings is 2. The molecule has 0 amide bonds. The largest absolute Gasteiger partial charge is 0.493 e. The summed E-state index contributed by atoms with van der Waals surface area (Å²) in [5, 5.41) is 6.31. The Morgan fingerprint density at radius 3 is 2.41 bits per heavy atom. The van der Waals surface area contributed by atoms with E-state index in [1.807, 2.05) is 18.2 Å². The van der Waals surface area contributed by atoms with Crippen LogP contribution in [0.4, 0.5) is 8.78 Å². The zero-order chi connectivity index (χ0) is 22.6. The molecule has 0 atom stereocenters. The van der Waals surface area contributed by atoms with Crippen LogP contribution in [0.1, 0.15) is 18.1 Å². The summed E-state index contributed by atoms with van der Waals surface area (Å²) in [6, 6.07) is 10.8. The fourth-order valence-corrected chi connectivity index (χ4v) is 2.95. The molecule has 0 fully saturated rings. The molecular formula is C22H30F2IN3O4. The lowest BCUT2D eigenvalue weighted by Crippen LogP contribution is -2.38. The minimum Gasteiger partial charge on any atom is -0.493 e. The molecule has 10 heteroatoms. The normalized spacial score (nSPS) is 10.9. The molecule has 2 rings (SSSR count). The van der Waals surface area contributed by atoms with Crippen LogP contribution in [-0.4, -0.2) is 47.0 Å². The SMILES string of the molecule is CCOc1cccc(CNC(=NC)NCCc2ccc(OC)c(OC)c2)c1OC(F)F.I. The number of methoxy groups -OCH3 is 2. The highest BCUT2D eigenvalue weighted by Gasteiger charge is 2.16. The fourth-order valence-electron chi connectivity index (χ4n) is 2.95. The molecule has 2 aromatic rings. The molecule has 0 heterocycles. The van der Waals surface area contributed by atoms with Crippen LogP contribution >= 0.6 is 24.0 Å². The van der Waals surface area contributed by atoms with E-state index in [4.69, 9.17) is 18.9 Å². The average molecular weight is 565 g/mol. The number of guanidine groups is 1. The summed E-state index contributed by atoms with van der Waals surface area (Å²) in [4.78, 5) is 4.17. The Morgan fingerprint density at radius 1 is 1.03 bits per heavy atom. The van der Waals surface area contributed by atoms with E-state index in [0.717, 1.165) is 12.0 Å². The second kappa shape index (κ2) is 14.5. The first-order valence-corrected chi connectivity index (χ1v) is 9.87. The number of nitrogens with zero attached hydrogens (tertiary/aromatic N) is 1. The predicted molar refractivity (Wildman–Crippen MR) is 131 cm³/mol. The number of rotatable bonds is 11. The molecule has 0 aliphatic carbocycles. The molecular weight excluding hydrogens is 535 g/mol. The predicted octanol–water partition coefficient (Wildman–Crippen LogP) is 4.23. The minimum atomic E-state index is -2.95. The summed E-state index contributed by atoms with van der Waals surface area (Å²) in [5.41, 5.74) is 1.60. The van der Waals surface area contributed by atoms with Gasteiger partial charge < -0.3 is 29.6 Å². The van der Waals surface area contributed by atoms with Crippen molar-refractivity contribution in [2.45, 2.75) is 26.5 Å². The molecule has 2 aromatic carbocycles. The Hall–Kier alpha value is -2.50. The van der Waals surface area contributed by atoms with E-state index in [9.17, 15) is 8.78 Å². The van der Waals surface area contributed by atoms with Crippen LogP contribution in [-0.2, 0) is 13.0 Å². The first kappa shape index (κ1) is 27.5. The first-order valence-electron chi connectivity index (χ1n) is 9.87. The molecule has 2 N–H and O–H groups in total. The molecule has 0 radical (unpaired) electrons. The average Bonchev–Trinajstić information content (AvgIpc) is 2.77. The Morgan fingerprint density at radius 2 is 1.78 bits per heavy atom. The Kier molecular flexibility index (Phi) is 12.5. The van der Waals surface area contributed by atoms with Crippen LogP contribution in [0.5, 0.6) is 23.0 Å². The summed E-state index contributed by atoms with van der Waals surface area (Å²) in [6.07, 6.45) is 0.723. The van der Waals surface area contributed by atoms with E-state index < -0.39 is 6.61 Å². The molecule has 0 unspecified atom stereocenters. The van der Waals surface area contributed by atoms with Gasteiger partial charge >= 0.3 is 6.61 Å². The van der Waals surface area contributed by atoms with E-state index in [1.165, 1.54) is 0 Å². The zero-order valence-corrected chi connectivity index (χ0v) is 20.9. The molecule has 0 aromatic heterocycles. The lowest BCUT2D eigenvalue weighted by molar-refractivity contribution is -0.0520. The van der Waals surface area contributed by atoms with Crippen molar-refractivity contribution >= 4 is 29.9 Å². The van der Waals surface area contributed by atoms with Crippen molar-refractivity contribution in [1.82, 2.24) is 10.6 Å². The highest BCUT2D eigenvalue weighted by molar-refractivity contribution is 14.0. The third-order valence-electron chi connectivity index (χ3n) is 4.39. The number of aliphatic imine (C=N–C) groups is 1. The molecule has 0 saturated carbocycles. The highest BCUT2D eigenvalue weighted by atomic mass is 127. The zero-order valence-electron chi connectivity index (χ0n) is 18.6. The molecule has 0 spiro atoms. The van der Waals surface area contributed by atoms with Gasteiger partial charge in [-0.2, -0.15) is 8.78 Å². The molecule has 0 aliphatic heterocycles. The maximum Gasteiger partial charge on any atom is 0.387 e. The van der Waals surface area contributed by atoms with Crippen LogP contribution in [0.2, 0.25) is 0 Å². The first-order chi connectivity index (χ1) is 15.0. The smallest absolute Gasteiger partial charge is 0.387 e. The number of ether oxygens (including phenoxy) is 4. The van der Waals surface area contributed by atoms with E-state index in [1.54, 1.807) is 46.4 Å². The molecule has 7 nitrogen and oxygen atoms in total. The third-order valence-corrected chi connectivity index (χ3v) is 4.39. The van der Waals surface area contributed by atoms with Gasteiger partial charge in [-0.3, -0.25) is 4.99 Å². The van der Waals surface area contributed by atoms with E-state index in [-0.39, 0.29) is 42.0 Å². The maximum absolute atomic E-state index is 12.9. The Balaban J connectivity index is 0.00000512. The third kappa shape index (κ3) is 8.21. The van der Waals surface area contributed by atoms with Crippen molar-refractivity contribution in [2.24, 2.45) is 4.99 Å². The van der Waals surface area contributed by atoms with Crippen molar-refractivity contribution in [3.05, 3.63) is 47.5 Å². The number of hydrogen-bond donors (Lipinski definition) is 2. The number of nitrogens with one attached hydrogen (secondary N) is 2. The lowest BCUT2D eigenvalue weighted by atomic mass is 10.1. The van der Waals surface area contributed by atoms with Gasteiger partial charge in [0.2, 0.25) is 0 Å². The van der Waals surface area contributed by atoms with Crippen LogP contribution in [0.15, 0.2) is 41.4 Å². The molecule has 0 aliphatic rings. The summed E-state index contributed by atoms with van der Waals surface area (Å²) in [7, 11) is 4.83. The van der Waals surface area contributed by atoms with Crippen LogP contribution in [0.25, 0.3) is 0 Å². The fraction of sp³-hybridized carbons (Fsp3) is 0.409. The number of para-hydroxylation sites is 1. The Labute approximate surface area is 204 Å². The van der Waals surface area contributed by atoms with E-state index in [2.05, 4.69) is 15.6 Å². The monoisotopic (exact) mass is 565 g/mol. The van der Waals surface area contributed by atoms with Crippen LogP contribution < -0.4 is 29.6 Å². The van der Waals surface area contributed by atoms with Gasteiger partial charge in [0.05, 0.1) is 20.8 Å². The summed E-state index contributed by atoms with van der Waals surface area (Å²) < 4.78 is 46.4. The molecule has 0 bridgehead atoms. The summed E-state index contributed by atoms with van der Waals surface area (Å²) >= 11 is 0. The van der Waals surface area contributed by atoms with Gasteiger partial charge in [0, 0.05) is 25.7 Å². The minimum absolute atomic E-state index is 0. The molecule has 178 valence electrons. The van der Waals surface area contributed by atoms with Gasteiger partial charge in [0.1, 0.15) is 0 Å². The number of alkyl halides is 2.